The van der Waals surface area contributed by atoms with Crippen molar-refractivity contribution in [3.8, 4) is 5.75 Å². The van der Waals surface area contributed by atoms with Gasteiger partial charge in [-0.05, 0) is 42.5 Å². The van der Waals surface area contributed by atoms with Crippen molar-refractivity contribution in [1.29, 1.82) is 0 Å². The third kappa shape index (κ3) is 2.24. The molecule has 2 aromatic carbocycles. The average Bonchev–Trinajstić information content (AvgIpc) is 3.07. The topological polar surface area (TPSA) is 21.3 Å². The van der Waals surface area contributed by atoms with Gasteiger partial charge < -0.3 is 10.1 Å². The predicted molar refractivity (Wildman–Crippen MR) is 95.5 cm³/mol. The lowest BCUT2D eigenvalue weighted by molar-refractivity contribution is 0.381. The van der Waals surface area contributed by atoms with Gasteiger partial charge in [0.05, 0.1) is 13.2 Å². The molecule has 1 heterocycles. The molecule has 2 nitrogen and oxygen atoms in total. The first-order valence-electron chi connectivity index (χ1n) is 8.06. The van der Waals surface area contributed by atoms with Crippen molar-refractivity contribution in [2.45, 2.75) is 25.3 Å². The predicted octanol–water partition coefficient (Wildman–Crippen LogP) is 5.48. The summed E-state index contributed by atoms with van der Waals surface area (Å²) in [6.45, 7) is 2.09. The van der Waals surface area contributed by atoms with Crippen molar-refractivity contribution in [2.75, 3.05) is 12.4 Å². The largest absolute Gasteiger partial charge is 0.496 e. The number of para-hydroxylation sites is 1. The van der Waals surface area contributed by atoms with Crippen LogP contribution in [-0.4, -0.2) is 7.11 Å². The van der Waals surface area contributed by atoms with Gasteiger partial charge in [0.1, 0.15) is 5.75 Å². The highest BCUT2D eigenvalue weighted by atomic mass is 35.5. The molecule has 1 N–H and O–H groups in total. The van der Waals surface area contributed by atoms with E-state index in [-0.39, 0.29) is 6.04 Å². The molecule has 0 saturated carbocycles. The maximum atomic E-state index is 6.36. The second kappa shape index (κ2) is 5.61. The minimum absolute atomic E-state index is 0.232. The van der Waals surface area contributed by atoms with E-state index in [0.717, 1.165) is 22.8 Å². The van der Waals surface area contributed by atoms with Gasteiger partial charge in [0.25, 0.3) is 0 Å². The van der Waals surface area contributed by atoms with Gasteiger partial charge in [-0.3, -0.25) is 0 Å². The molecule has 3 heteroatoms. The highest BCUT2D eigenvalue weighted by Crippen LogP contribution is 2.52. The zero-order valence-corrected chi connectivity index (χ0v) is 14.1. The maximum absolute atomic E-state index is 6.36. The fourth-order valence-electron chi connectivity index (χ4n) is 4.02. The van der Waals surface area contributed by atoms with Crippen LogP contribution in [0.25, 0.3) is 0 Å². The monoisotopic (exact) mass is 325 g/mol. The molecule has 1 aliphatic heterocycles. The summed E-state index contributed by atoms with van der Waals surface area (Å²) in [5.74, 6) is 1.90. The third-order valence-electron chi connectivity index (χ3n) is 5.21. The summed E-state index contributed by atoms with van der Waals surface area (Å²) in [5, 5.41) is 4.58. The van der Waals surface area contributed by atoms with Crippen LogP contribution in [0.2, 0.25) is 5.02 Å². The molecular formula is C20H20ClNO. The molecular weight excluding hydrogens is 306 g/mol. The fourth-order valence-corrected chi connectivity index (χ4v) is 4.18. The Labute approximate surface area is 142 Å². The van der Waals surface area contributed by atoms with Crippen molar-refractivity contribution in [2.24, 2.45) is 5.92 Å². The van der Waals surface area contributed by atoms with Crippen LogP contribution in [0.1, 0.15) is 35.1 Å². The average molecular weight is 326 g/mol. The van der Waals surface area contributed by atoms with E-state index in [0.29, 0.717) is 11.8 Å². The molecule has 0 spiro atoms. The van der Waals surface area contributed by atoms with Gasteiger partial charge >= 0.3 is 0 Å². The summed E-state index contributed by atoms with van der Waals surface area (Å²) in [6, 6.07) is 12.7. The van der Waals surface area contributed by atoms with Gasteiger partial charge in [-0.25, -0.2) is 0 Å². The van der Waals surface area contributed by atoms with Crippen LogP contribution in [0.3, 0.4) is 0 Å². The Hall–Kier alpha value is -1.93. The zero-order valence-electron chi connectivity index (χ0n) is 13.3. The number of methoxy groups -OCH3 is 1. The van der Waals surface area contributed by atoms with Crippen LogP contribution in [0.5, 0.6) is 5.75 Å². The van der Waals surface area contributed by atoms with Gasteiger partial charge in [-0.2, -0.15) is 0 Å². The molecule has 4 rings (SSSR count). The number of rotatable bonds is 2. The summed E-state index contributed by atoms with van der Waals surface area (Å²) in [4.78, 5) is 0. The Morgan fingerprint density at radius 3 is 2.78 bits per heavy atom. The first kappa shape index (κ1) is 14.6. The lowest BCUT2D eigenvalue weighted by Gasteiger charge is -2.39. The van der Waals surface area contributed by atoms with Crippen molar-refractivity contribution in [3.05, 3.63) is 70.3 Å². The summed E-state index contributed by atoms with van der Waals surface area (Å²) in [5.41, 5.74) is 4.89. The third-order valence-corrected chi connectivity index (χ3v) is 5.61. The van der Waals surface area contributed by atoms with Crippen molar-refractivity contribution in [1.82, 2.24) is 0 Å². The van der Waals surface area contributed by atoms with E-state index in [2.05, 4.69) is 42.6 Å². The number of halogens is 1. The van der Waals surface area contributed by atoms with E-state index in [1.54, 1.807) is 7.11 Å². The first-order chi connectivity index (χ1) is 11.2. The minimum Gasteiger partial charge on any atom is -0.496 e. The summed E-state index contributed by atoms with van der Waals surface area (Å²) >= 11 is 6.36. The van der Waals surface area contributed by atoms with Crippen LogP contribution in [0.15, 0.2) is 48.6 Å². The van der Waals surface area contributed by atoms with E-state index in [1.165, 1.54) is 16.8 Å². The molecule has 3 unspecified atom stereocenters. The number of allylic oxidation sites excluding steroid dienone is 2. The molecule has 0 fully saturated rings. The number of hydrogen-bond acceptors (Lipinski definition) is 2. The Bertz CT molecular complexity index is 783. The molecule has 0 aromatic heterocycles. The van der Waals surface area contributed by atoms with Gasteiger partial charge in [0, 0.05) is 22.2 Å². The molecule has 0 saturated heterocycles. The van der Waals surface area contributed by atoms with Crippen LogP contribution in [-0.2, 0) is 0 Å². The normalized spacial score (nSPS) is 24.7. The lowest BCUT2D eigenvalue weighted by atomic mass is 9.76. The molecule has 2 aliphatic rings. The molecule has 3 atom stereocenters. The Kier molecular flexibility index (Phi) is 3.57. The summed E-state index contributed by atoms with van der Waals surface area (Å²) in [7, 11) is 1.74. The maximum Gasteiger partial charge on any atom is 0.124 e. The lowest BCUT2D eigenvalue weighted by Crippen LogP contribution is -2.29. The molecule has 0 amide bonds. The fraction of sp³-hybridized carbons (Fsp3) is 0.300. The van der Waals surface area contributed by atoms with E-state index in [4.69, 9.17) is 16.3 Å². The van der Waals surface area contributed by atoms with Gasteiger partial charge in [-0.1, -0.05) is 48.0 Å². The van der Waals surface area contributed by atoms with E-state index in [9.17, 15) is 0 Å². The van der Waals surface area contributed by atoms with Crippen LogP contribution < -0.4 is 10.1 Å². The number of hydrogen-bond donors (Lipinski definition) is 1. The minimum atomic E-state index is 0.232. The second-order valence-corrected chi connectivity index (χ2v) is 6.76. The highest BCUT2D eigenvalue weighted by Gasteiger charge is 2.39. The number of fused-ring (bicyclic) bond motifs is 3. The Morgan fingerprint density at radius 2 is 1.96 bits per heavy atom. The number of ether oxygens (including phenoxy) is 1. The summed E-state index contributed by atoms with van der Waals surface area (Å²) in [6.07, 6.45) is 5.74. The van der Waals surface area contributed by atoms with Crippen molar-refractivity contribution < 1.29 is 4.74 Å². The quantitative estimate of drug-likeness (QED) is 0.738. The van der Waals surface area contributed by atoms with E-state index in [1.807, 2.05) is 18.2 Å². The molecule has 118 valence electrons. The van der Waals surface area contributed by atoms with E-state index >= 15 is 0 Å². The van der Waals surface area contributed by atoms with Crippen LogP contribution in [0.4, 0.5) is 5.69 Å². The highest BCUT2D eigenvalue weighted by molar-refractivity contribution is 6.31. The van der Waals surface area contributed by atoms with Gasteiger partial charge in [0.2, 0.25) is 0 Å². The van der Waals surface area contributed by atoms with Crippen molar-refractivity contribution in [3.63, 3.8) is 0 Å². The van der Waals surface area contributed by atoms with Gasteiger partial charge in [0.15, 0.2) is 0 Å². The van der Waals surface area contributed by atoms with E-state index < -0.39 is 0 Å². The Balaban J connectivity index is 1.85. The smallest absolute Gasteiger partial charge is 0.124 e. The van der Waals surface area contributed by atoms with Gasteiger partial charge in [-0.15, -0.1) is 0 Å². The number of benzene rings is 2. The zero-order chi connectivity index (χ0) is 16.0. The SMILES string of the molecule is COc1ccccc1C1Nc2c(ccc(Cl)c2C)C2C=CCC21. The second-order valence-electron chi connectivity index (χ2n) is 6.35. The Morgan fingerprint density at radius 1 is 1.13 bits per heavy atom. The first-order valence-corrected chi connectivity index (χ1v) is 8.43. The summed E-state index contributed by atoms with van der Waals surface area (Å²) < 4.78 is 5.60. The number of nitrogens with one attached hydrogen (secondary N) is 1. The molecule has 1 aliphatic carbocycles. The molecule has 0 radical (unpaired) electrons. The number of anilines is 1. The molecule has 2 aromatic rings. The molecule has 23 heavy (non-hydrogen) atoms. The molecule has 0 bridgehead atoms. The standard InChI is InChI=1S/C20H20ClNO/c1-12-17(21)11-10-15-13-7-5-8-14(13)20(22-19(12)15)16-6-3-4-9-18(16)23-2/h3-7,9-11,13-14,20,22H,8H2,1-2H3. The van der Waals surface area contributed by atoms with Crippen molar-refractivity contribution >= 4 is 17.3 Å². The van der Waals surface area contributed by atoms with Crippen LogP contribution in [0, 0.1) is 12.8 Å². The van der Waals surface area contributed by atoms with Crippen LogP contribution >= 0.6 is 11.6 Å².